The Balaban J connectivity index is 2.08. The lowest BCUT2D eigenvalue weighted by molar-refractivity contribution is -0.133. The number of aryl methyl sites for hydroxylation is 1. The molecule has 1 aliphatic rings. The van der Waals surface area contributed by atoms with Gasteiger partial charge in [0.05, 0.1) is 13.5 Å². The second-order valence-electron chi connectivity index (χ2n) is 5.70. The molecule has 0 aliphatic carbocycles. The minimum Gasteiger partial charge on any atom is -0.497 e. The number of ketones is 1. The summed E-state index contributed by atoms with van der Waals surface area (Å²) in [5.41, 5.74) is 2.63. The Hall–Kier alpha value is -2.43. The first kappa shape index (κ1) is 16.9. The van der Waals surface area contributed by atoms with Gasteiger partial charge in [-0.15, -0.1) is 0 Å². The second-order valence-corrected chi connectivity index (χ2v) is 5.70. The summed E-state index contributed by atoms with van der Waals surface area (Å²) in [6, 6.07) is 7.91. The van der Waals surface area contributed by atoms with E-state index in [2.05, 4.69) is 4.99 Å². The highest BCUT2D eigenvalue weighted by molar-refractivity contribution is 6.10. The Kier molecular flexibility index (Phi) is 5.32. The van der Waals surface area contributed by atoms with Crippen LogP contribution in [0.4, 0.5) is 0 Å². The standard InChI is InChI=1S/C18H22N2O3/c1-12(5-6-14-7-9-15(23-4)10-8-14)19-18-13(2)16(21)11-17(22)20(18)3/h7-10H,5-6,11H2,1-4H3/b19-12-. The first-order valence-electron chi connectivity index (χ1n) is 7.60. The van der Waals surface area contributed by atoms with E-state index in [9.17, 15) is 9.59 Å². The fourth-order valence-electron chi connectivity index (χ4n) is 2.40. The molecule has 0 fully saturated rings. The summed E-state index contributed by atoms with van der Waals surface area (Å²) < 4.78 is 5.14. The molecule has 23 heavy (non-hydrogen) atoms. The highest BCUT2D eigenvalue weighted by Gasteiger charge is 2.27. The van der Waals surface area contributed by atoms with E-state index in [1.165, 1.54) is 10.5 Å². The van der Waals surface area contributed by atoms with Crippen molar-refractivity contribution in [2.75, 3.05) is 14.2 Å². The Morgan fingerprint density at radius 2 is 1.91 bits per heavy atom. The zero-order valence-electron chi connectivity index (χ0n) is 14.0. The molecule has 1 aromatic rings. The highest BCUT2D eigenvalue weighted by atomic mass is 16.5. The smallest absolute Gasteiger partial charge is 0.235 e. The van der Waals surface area contributed by atoms with Gasteiger partial charge in [0.2, 0.25) is 5.91 Å². The number of methoxy groups -OCH3 is 1. The van der Waals surface area contributed by atoms with E-state index >= 15 is 0 Å². The van der Waals surface area contributed by atoms with Crippen molar-refractivity contribution in [3.05, 3.63) is 41.2 Å². The van der Waals surface area contributed by atoms with Gasteiger partial charge in [-0.25, -0.2) is 4.99 Å². The lowest BCUT2D eigenvalue weighted by Gasteiger charge is -2.24. The van der Waals surface area contributed by atoms with Crippen LogP contribution in [0.1, 0.15) is 32.3 Å². The van der Waals surface area contributed by atoms with Crippen molar-refractivity contribution >= 4 is 17.4 Å². The molecular formula is C18H22N2O3. The minimum atomic E-state index is -0.206. The molecule has 0 atom stereocenters. The van der Waals surface area contributed by atoms with Crippen LogP contribution in [0.5, 0.6) is 5.75 Å². The van der Waals surface area contributed by atoms with E-state index < -0.39 is 0 Å². The van der Waals surface area contributed by atoms with Crippen molar-refractivity contribution in [2.24, 2.45) is 4.99 Å². The van der Waals surface area contributed by atoms with Crippen LogP contribution in [0.25, 0.3) is 0 Å². The molecule has 1 aliphatic heterocycles. The molecule has 0 saturated carbocycles. The van der Waals surface area contributed by atoms with Crippen LogP contribution in [-0.4, -0.2) is 36.5 Å². The van der Waals surface area contributed by atoms with Crippen molar-refractivity contribution in [1.82, 2.24) is 4.90 Å². The van der Waals surface area contributed by atoms with Gasteiger partial charge in [0.1, 0.15) is 11.6 Å². The Morgan fingerprint density at radius 1 is 1.26 bits per heavy atom. The summed E-state index contributed by atoms with van der Waals surface area (Å²) in [5, 5.41) is 0. The molecule has 0 unspecified atom stereocenters. The molecule has 1 amide bonds. The maximum absolute atomic E-state index is 11.8. The summed E-state index contributed by atoms with van der Waals surface area (Å²) in [6.07, 6.45) is 1.54. The molecule has 0 N–H and O–H groups in total. The van der Waals surface area contributed by atoms with Gasteiger partial charge in [-0.3, -0.25) is 14.5 Å². The third-order valence-corrected chi connectivity index (χ3v) is 3.99. The number of rotatable bonds is 5. The van der Waals surface area contributed by atoms with Gasteiger partial charge < -0.3 is 4.74 Å². The Labute approximate surface area is 136 Å². The summed E-state index contributed by atoms with van der Waals surface area (Å²) >= 11 is 0. The third kappa shape index (κ3) is 4.06. The van der Waals surface area contributed by atoms with E-state index in [1.54, 1.807) is 21.1 Å². The van der Waals surface area contributed by atoms with Gasteiger partial charge in [0.15, 0.2) is 5.78 Å². The fraction of sp³-hybridized carbons (Fsp3) is 0.389. The number of nitrogens with zero attached hydrogens (tertiary/aromatic N) is 2. The Morgan fingerprint density at radius 3 is 2.52 bits per heavy atom. The second kappa shape index (κ2) is 7.22. The maximum Gasteiger partial charge on any atom is 0.235 e. The van der Waals surface area contributed by atoms with Gasteiger partial charge in [-0.2, -0.15) is 0 Å². The average molecular weight is 314 g/mol. The first-order valence-corrected chi connectivity index (χ1v) is 7.60. The van der Waals surface area contributed by atoms with Gasteiger partial charge in [-0.05, 0) is 44.4 Å². The van der Waals surface area contributed by atoms with Crippen LogP contribution in [0.3, 0.4) is 0 Å². The highest BCUT2D eigenvalue weighted by Crippen LogP contribution is 2.20. The number of hydrogen-bond donors (Lipinski definition) is 0. The number of benzene rings is 1. The molecule has 1 aromatic carbocycles. The maximum atomic E-state index is 11.8. The average Bonchev–Trinajstić information content (AvgIpc) is 2.55. The normalized spacial score (nSPS) is 16.2. The lowest BCUT2D eigenvalue weighted by atomic mass is 10.0. The van der Waals surface area contributed by atoms with Gasteiger partial charge >= 0.3 is 0 Å². The topological polar surface area (TPSA) is 59.0 Å². The van der Waals surface area contributed by atoms with Crippen molar-refractivity contribution in [2.45, 2.75) is 33.1 Å². The van der Waals surface area contributed by atoms with Crippen molar-refractivity contribution < 1.29 is 14.3 Å². The van der Waals surface area contributed by atoms with E-state index in [-0.39, 0.29) is 18.1 Å². The number of allylic oxidation sites excluding steroid dienone is 1. The number of ether oxygens (including phenoxy) is 1. The van der Waals surface area contributed by atoms with Crippen molar-refractivity contribution in [3.8, 4) is 5.75 Å². The van der Waals surface area contributed by atoms with Crippen molar-refractivity contribution in [3.63, 3.8) is 0 Å². The van der Waals surface area contributed by atoms with Gasteiger partial charge in [-0.1, -0.05) is 12.1 Å². The van der Waals surface area contributed by atoms with Gasteiger partial charge in [0, 0.05) is 18.3 Å². The molecule has 0 aromatic heterocycles. The number of aliphatic imine (C=N–C) groups is 1. The third-order valence-electron chi connectivity index (χ3n) is 3.99. The number of amides is 1. The SMILES string of the molecule is COc1ccc(CC/C(C)=N\C2=C(C)C(=O)CC(=O)N2C)cc1. The zero-order chi connectivity index (χ0) is 17.0. The molecule has 0 spiro atoms. The molecule has 0 saturated heterocycles. The van der Waals surface area contributed by atoms with E-state index in [0.717, 1.165) is 24.3 Å². The summed E-state index contributed by atoms with van der Waals surface area (Å²) in [7, 11) is 3.30. The van der Waals surface area contributed by atoms with Crippen LogP contribution < -0.4 is 4.74 Å². The summed E-state index contributed by atoms with van der Waals surface area (Å²) in [4.78, 5) is 29.5. The van der Waals surface area contributed by atoms with E-state index in [1.807, 2.05) is 31.2 Å². The van der Waals surface area contributed by atoms with Crippen LogP contribution in [0.15, 0.2) is 40.7 Å². The summed E-state index contributed by atoms with van der Waals surface area (Å²) in [5.74, 6) is 0.955. The number of carbonyl (C=O) groups is 2. The van der Waals surface area contributed by atoms with Crippen LogP contribution in [0.2, 0.25) is 0 Å². The lowest BCUT2D eigenvalue weighted by Crippen LogP contribution is -2.34. The molecule has 5 nitrogen and oxygen atoms in total. The number of hydrogen-bond acceptors (Lipinski definition) is 4. The van der Waals surface area contributed by atoms with Crippen molar-refractivity contribution in [1.29, 1.82) is 0 Å². The monoisotopic (exact) mass is 314 g/mol. The number of Topliss-reactive ketones (excluding diaryl/α,β-unsaturated/α-hetero) is 1. The van der Waals surface area contributed by atoms with E-state index in [0.29, 0.717) is 11.4 Å². The molecule has 122 valence electrons. The first-order chi connectivity index (χ1) is 10.9. The van der Waals surface area contributed by atoms with Crippen LogP contribution in [-0.2, 0) is 16.0 Å². The molecule has 2 rings (SSSR count). The predicted octanol–water partition coefficient (Wildman–Crippen LogP) is 2.75. The fourth-order valence-corrected chi connectivity index (χ4v) is 2.40. The Bertz CT molecular complexity index is 672. The van der Waals surface area contributed by atoms with Gasteiger partial charge in [0.25, 0.3) is 0 Å². The zero-order valence-corrected chi connectivity index (χ0v) is 14.0. The predicted molar refractivity (Wildman–Crippen MR) is 89.5 cm³/mol. The summed E-state index contributed by atoms with van der Waals surface area (Å²) in [6.45, 7) is 3.64. The molecule has 0 radical (unpaired) electrons. The largest absolute Gasteiger partial charge is 0.497 e. The quantitative estimate of drug-likeness (QED) is 0.620. The molecule has 5 heteroatoms. The molecule has 0 bridgehead atoms. The molecular weight excluding hydrogens is 292 g/mol. The van der Waals surface area contributed by atoms with Crippen LogP contribution in [0, 0.1) is 0 Å². The van der Waals surface area contributed by atoms with Crippen LogP contribution >= 0.6 is 0 Å². The molecule has 1 heterocycles. The number of carbonyl (C=O) groups excluding carboxylic acids is 2. The minimum absolute atomic E-state index is 0.0632. The van der Waals surface area contributed by atoms with E-state index in [4.69, 9.17) is 4.74 Å².